The Morgan fingerprint density at radius 2 is 2.46 bits per heavy atom. The first-order valence-electron chi connectivity index (χ1n) is 4.46. The van der Waals surface area contributed by atoms with Crippen LogP contribution in [0.15, 0.2) is 15.9 Å². The lowest BCUT2D eigenvalue weighted by molar-refractivity contribution is 0.546. The maximum atomic E-state index is 5.70. The Balaban J connectivity index is 2.61. The lowest BCUT2D eigenvalue weighted by Crippen LogP contribution is -2.28. The minimum Gasteiger partial charge on any atom is -0.329 e. The zero-order chi connectivity index (χ0) is 9.68. The second-order valence-corrected chi connectivity index (χ2v) is 4.68. The summed E-state index contributed by atoms with van der Waals surface area (Å²) in [6.07, 6.45) is 1.14. The van der Waals surface area contributed by atoms with Gasteiger partial charge in [0.15, 0.2) is 0 Å². The molecule has 0 spiro atoms. The van der Waals surface area contributed by atoms with Gasteiger partial charge in [0.05, 0.1) is 6.04 Å². The Morgan fingerprint density at radius 1 is 1.69 bits per heavy atom. The summed E-state index contributed by atoms with van der Waals surface area (Å²) in [7, 11) is 0. The Kier molecular flexibility index (Phi) is 4.94. The van der Waals surface area contributed by atoms with Crippen molar-refractivity contribution in [1.29, 1.82) is 0 Å². The normalized spacial score (nSPS) is 13.2. The van der Waals surface area contributed by atoms with Crippen molar-refractivity contribution < 1.29 is 0 Å². The van der Waals surface area contributed by atoms with Gasteiger partial charge in [-0.25, -0.2) is 0 Å². The molecule has 1 rings (SSSR count). The molecule has 1 aromatic heterocycles. The highest BCUT2D eigenvalue weighted by Crippen LogP contribution is 2.28. The molecule has 0 bridgehead atoms. The number of hydrogen-bond acceptors (Lipinski definition) is 3. The van der Waals surface area contributed by atoms with Gasteiger partial charge in [-0.05, 0) is 40.3 Å². The predicted octanol–water partition coefficient (Wildman–Crippen LogP) is 2.51. The van der Waals surface area contributed by atoms with Crippen molar-refractivity contribution in [2.24, 2.45) is 5.73 Å². The van der Waals surface area contributed by atoms with Gasteiger partial charge in [-0.3, -0.25) is 0 Å². The third-order valence-corrected chi connectivity index (χ3v) is 3.82. The fraction of sp³-hybridized carbons (Fsp3) is 0.556. The van der Waals surface area contributed by atoms with Crippen molar-refractivity contribution in [3.05, 3.63) is 20.8 Å². The van der Waals surface area contributed by atoms with Gasteiger partial charge in [0, 0.05) is 15.9 Å². The van der Waals surface area contributed by atoms with Crippen LogP contribution in [0.1, 0.15) is 24.3 Å². The predicted molar refractivity (Wildman–Crippen MR) is 62.1 cm³/mol. The third-order valence-electron chi connectivity index (χ3n) is 1.84. The highest BCUT2D eigenvalue weighted by molar-refractivity contribution is 9.10. The number of halogens is 1. The van der Waals surface area contributed by atoms with Crippen molar-refractivity contribution in [2.45, 2.75) is 19.4 Å². The average molecular weight is 263 g/mol. The van der Waals surface area contributed by atoms with E-state index in [1.807, 2.05) is 0 Å². The molecule has 0 aliphatic heterocycles. The number of nitrogens with one attached hydrogen (secondary N) is 1. The standard InChI is InChI=1S/C9H15BrN2S/c1-2-4-12-8(6-11)9-7(10)3-5-13-9/h3,5,8,12H,2,4,6,11H2,1H3. The van der Waals surface area contributed by atoms with Crippen molar-refractivity contribution in [3.63, 3.8) is 0 Å². The fourth-order valence-electron chi connectivity index (χ4n) is 1.16. The van der Waals surface area contributed by atoms with E-state index in [4.69, 9.17) is 5.73 Å². The SMILES string of the molecule is CCCNC(CN)c1sccc1Br. The molecule has 0 saturated heterocycles. The Hall–Kier alpha value is 0.100. The van der Waals surface area contributed by atoms with Crippen molar-refractivity contribution in [2.75, 3.05) is 13.1 Å². The van der Waals surface area contributed by atoms with Gasteiger partial charge in [0.1, 0.15) is 0 Å². The van der Waals surface area contributed by atoms with Crippen LogP contribution in [-0.2, 0) is 0 Å². The van der Waals surface area contributed by atoms with Crippen molar-refractivity contribution >= 4 is 27.3 Å². The first-order chi connectivity index (χ1) is 6.29. The zero-order valence-corrected chi connectivity index (χ0v) is 10.1. The summed E-state index contributed by atoms with van der Waals surface area (Å²) >= 11 is 5.26. The average Bonchev–Trinajstić information content (AvgIpc) is 2.54. The first kappa shape index (κ1) is 11.2. The largest absolute Gasteiger partial charge is 0.329 e. The number of nitrogens with two attached hydrogens (primary N) is 1. The van der Waals surface area contributed by atoms with Crippen LogP contribution in [0.25, 0.3) is 0 Å². The minimum absolute atomic E-state index is 0.300. The first-order valence-corrected chi connectivity index (χ1v) is 6.13. The lowest BCUT2D eigenvalue weighted by Gasteiger charge is -2.15. The molecular weight excluding hydrogens is 248 g/mol. The van der Waals surface area contributed by atoms with Gasteiger partial charge in [-0.15, -0.1) is 11.3 Å². The van der Waals surface area contributed by atoms with Crippen molar-refractivity contribution in [3.8, 4) is 0 Å². The topological polar surface area (TPSA) is 38.0 Å². The van der Waals surface area contributed by atoms with E-state index in [1.165, 1.54) is 4.88 Å². The molecule has 74 valence electrons. The molecule has 2 nitrogen and oxygen atoms in total. The summed E-state index contributed by atoms with van der Waals surface area (Å²) in [6.45, 7) is 3.83. The maximum Gasteiger partial charge on any atom is 0.0550 e. The van der Waals surface area contributed by atoms with Gasteiger partial charge < -0.3 is 11.1 Å². The lowest BCUT2D eigenvalue weighted by atomic mass is 10.2. The van der Waals surface area contributed by atoms with Crippen molar-refractivity contribution in [1.82, 2.24) is 5.32 Å². The van der Waals surface area contributed by atoms with Gasteiger partial charge in [-0.1, -0.05) is 6.92 Å². The smallest absolute Gasteiger partial charge is 0.0550 e. The molecular formula is C9H15BrN2S. The molecule has 13 heavy (non-hydrogen) atoms. The summed E-state index contributed by atoms with van der Waals surface area (Å²) < 4.78 is 1.16. The van der Waals surface area contributed by atoms with E-state index in [1.54, 1.807) is 11.3 Å². The molecule has 1 unspecified atom stereocenters. The van der Waals surface area contributed by atoms with Crippen LogP contribution in [0.3, 0.4) is 0 Å². The highest BCUT2D eigenvalue weighted by atomic mass is 79.9. The van der Waals surface area contributed by atoms with Gasteiger partial charge in [0.2, 0.25) is 0 Å². The molecule has 0 aromatic carbocycles. The second-order valence-electron chi connectivity index (χ2n) is 2.88. The molecule has 0 saturated carbocycles. The zero-order valence-electron chi connectivity index (χ0n) is 7.72. The van der Waals surface area contributed by atoms with E-state index in [-0.39, 0.29) is 0 Å². The Bertz CT molecular complexity index is 250. The second kappa shape index (κ2) is 5.75. The summed E-state index contributed by atoms with van der Waals surface area (Å²) in [5.74, 6) is 0. The van der Waals surface area contributed by atoms with Gasteiger partial charge in [0.25, 0.3) is 0 Å². The Labute approximate surface area is 91.7 Å². The van der Waals surface area contributed by atoms with E-state index in [2.05, 4.69) is 39.6 Å². The monoisotopic (exact) mass is 262 g/mol. The fourth-order valence-corrected chi connectivity index (χ4v) is 2.89. The summed E-state index contributed by atoms with van der Waals surface area (Å²) in [4.78, 5) is 1.30. The van der Waals surface area contributed by atoms with E-state index in [0.29, 0.717) is 12.6 Å². The Morgan fingerprint density at radius 3 is 2.92 bits per heavy atom. The van der Waals surface area contributed by atoms with E-state index < -0.39 is 0 Å². The molecule has 0 fully saturated rings. The molecule has 4 heteroatoms. The molecule has 0 amide bonds. The van der Waals surface area contributed by atoms with Crippen LogP contribution >= 0.6 is 27.3 Å². The van der Waals surface area contributed by atoms with Crippen LogP contribution in [0.4, 0.5) is 0 Å². The summed E-state index contributed by atoms with van der Waals surface area (Å²) in [6, 6.07) is 2.37. The summed E-state index contributed by atoms with van der Waals surface area (Å²) in [5.41, 5.74) is 5.70. The molecule has 1 aromatic rings. The molecule has 3 N–H and O–H groups in total. The number of thiophene rings is 1. The van der Waals surface area contributed by atoms with Gasteiger partial charge >= 0.3 is 0 Å². The molecule has 1 heterocycles. The van der Waals surface area contributed by atoms with Crippen LogP contribution in [0.5, 0.6) is 0 Å². The molecule has 0 aliphatic carbocycles. The van der Waals surface area contributed by atoms with E-state index in [0.717, 1.165) is 17.4 Å². The van der Waals surface area contributed by atoms with Crippen LogP contribution in [0.2, 0.25) is 0 Å². The van der Waals surface area contributed by atoms with Crippen LogP contribution in [0, 0.1) is 0 Å². The quantitative estimate of drug-likeness (QED) is 0.856. The van der Waals surface area contributed by atoms with Gasteiger partial charge in [-0.2, -0.15) is 0 Å². The molecule has 1 atom stereocenters. The molecule has 0 aliphatic rings. The summed E-state index contributed by atoms with van der Waals surface area (Å²) in [5, 5.41) is 5.50. The van der Waals surface area contributed by atoms with Crippen LogP contribution in [-0.4, -0.2) is 13.1 Å². The van der Waals surface area contributed by atoms with Crippen LogP contribution < -0.4 is 11.1 Å². The van der Waals surface area contributed by atoms with E-state index in [9.17, 15) is 0 Å². The highest BCUT2D eigenvalue weighted by Gasteiger charge is 2.12. The number of hydrogen-bond donors (Lipinski definition) is 2. The third kappa shape index (κ3) is 3.06. The minimum atomic E-state index is 0.300. The van der Waals surface area contributed by atoms with E-state index >= 15 is 0 Å². The molecule has 0 radical (unpaired) electrons. The maximum absolute atomic E-state index is 5.70. The number of rotatable bonds is 5.